The average Bonchev–Trinajstić information content (AvgIpc) is 2.22. The van der Waals surface area contributed by atoms with Gasteiger partial charge in [-0.2, -0.15) is 13.1 Å². The summed E-state index contributed by atoms with van der Waals surface area (Å²) in [5, 5.41) is 0. The van der Waals surface area contributed by atoms with Gasteiger partial charge in [-0.05, 0) is 24.2 Å². The standard InChI is InChI=1S/C9H19IN2O4S/c1-2-16-9(13)12-17(14,15)11-8-6-4-3-5-7-10/h11H,2-8H2,1H3,(H,12,13). The number of rotatable bonds is 9. The second-order valence-corrected chi connectivity index (χ2v) is 5.90. The fourth-order valence-corrected chi connectivity index (χ4v) is 2.39. The van der Waals surface area contributed by atoms with Crippen LogP contribution in [0.3, 0.4) is 0 Å². The highest BCUT2D eigenvalue weighted by atomic mass is 127. The van der Waals surface area contributed by atoms with Crippen LogP contribution in [0, 0.1) is 0 Å². The summed E-state index contributed by atoms with van der Waals surface area (Å²) < 4.78 is 32.2. The molecule has 0 aromatic rings. The van der Waals surface area contributed by atoms with Gasteiger partial charge in [-0.1, -0.05) is 35.4 Å². The van der Waals surface area contributed by atoms with E-state index in [9.17, 15) is 13.2 Å². The fourth-order valence-electron chi connectivity index (χ4n) is 1.09. The Bertz CT molecular complexity index is 308. The minimum Gasteiger partial charge on any atom is -0.449 e. The minimum absolute atomic E-state index is 0.137. The first kappa shape index (κ1) is 16.9. The van der Waals surface area contributed by atoms with E-state index in [2.05, 4.69) is 32.0 Å². The molecule has 0 aromatic heterocycles. The van der Waals surface area contributed by atoms with Crippen molar-refractivity contribution >= 4 is 38.9 Å². The molecule has 8 heteroatoms. The Hall–Kier alpha value is -0.0900. The quantitative estimate of drug-likeness (QED) is 0.362. The lowest BCUT2D eigenvalue weighted by molar-refractivity contribution is 0.158. The number of carbonyl (C=O) groups excluding carboxylic acids is 1. The summed E-state index contributed by atoms with van der Waals surface area (Å²) in [4.78, 5) is 10.9. The molecule has 0 aromatic carbocycles. The van der Waals surface area contributed by atoms with E-state index in [0.717, 1.165) is 30.1 Å². The van der Waals surface area contributed by atoms with Crippen molar-refractivity contribution in [2.75, 3.05) is 17.6 Å². The van der Waals surface area contributed by atoms with Crippen LogP contribution in [0.5, 0.6) is 0 Å². The van der Waals surface area contributed by atoms with Gasteiger partial charge in [0, 0.05) is 6.54 Å². The second kappa shape index (κ2) is 9.89. The Morgan fingerprint density at radius 1 is 1.24 bits per heavy atom. The number of nitrogens with one attached hydrogen (secondary N) is 2. The zero-order valence-electron chi connectivity index (χ0n) is 9.87. The van der Waals surface area contributed by atoms with E-state index < -0.39 is 16.3 Å². The molecule has 1 amide bonds. The first-order valence-electron chi connectivity index (χ1n) is 5.52. The molecule has 0 rings (SSSR count). The molecule has 2 N–H and O–H groups in total. The molecule has 0 saturated carbocycles. The van der Waals surface area contributed by atoms with E-state index in [-0.39, 0.29) is 6.61 Å². The van der Waals surface area contributed by atoms with E-state index in [1.807, 2.05) is 0 Å². The lowest BCUT2D eigenvalue weighted by Gasteiger charge is -2.07. The number of amides is 1. The van der Waals surface area contributed by atoms with Crippen molar-refractivity contribution in [3.05, 3.63) is 0 Å². The number of carbonyl (C=O) groups is 1. The fraction of sp³-hybridized carbons (Fsp3) is 0.889. The molecule has 0 bridgehead atoms. The molecule has 0 aliphatic carbocycles. The van der Waals surface area contributed by atoms with Crippen LogP contribution in [-0.2, 0) is 14.9 Å². The average molecular weight is 378 g/mol. The van der Waals surface area contributed by atoms with Gasteiger partial charge >= 0.3 is 16.3 Å². The van der Waals surface area contributed by atoms with Crippen LogP contribution in [0.4, 0.5) is 4.79 Å². The summed E-state index contributed by atoms with van der Waals surface area (Å²) >= 11 is 2.31. The molecule has 0 aliphatic heterocycles. The summed E-state index contributed by atoms with van der Waals surface area (Å²) in [7, 11) is -3.77. The van der Waals surface area contributed by atoms with Crippen molar-refractivity contribution in [1.29, 1.82) is 0 Å². The Morgan fingerprint density at radius 2 is 1.88 bits per heavy atom. The van der Waals surface area contributed by atoms with Crippen LogP contribution in [0.1, 0.15) is 32.6 Å². The van der Waals surface area contributed by atoms with E-state index in [4.69, 9.17) is 0 Å². The second-order valence-electron chi connectivity index (χ2n) is 3.32. The Kier molecular flexibility index (Phi) is 9.84. The van der Waals surface area contributed by atoms with Crippen molar-refractivity contribution in [2.45, 2.75) is 32.6 Å². The number of alkyl halides is 1. The maximum absolute atomic E-state index is 11.3. The van der Waals surface area contributed by atoms with Crippen molar-refractivity contribution in [3.63, 3.8) is 0 Å². The topological polar surface area (TPSA) is 84.5 Å². The van der Waals surface area contributed by atoms with Crippen LogP contribution in [0.25, 0.3) is 0 Å². The molecule has 17 heavy (non-hydrogen) atoms. The molecule has 0 atom stereocenters. The molecule has 0 unspecified atom stereocenters. The van der Waals surface area contributed by atoms with Crippen molar-refractivity contribution in [2.24, 2.45) is 0 Å². The van der Waals surface area contributed by atoms with Gasteiger partial charge in [-0.15, -0.1) is 0 Å². The number of hydrogen-bond acceptors (Lipinski definition) is 4. The number of unbranched alkanes of at least 4 members (excludes halogenated alkanes) is 3. The molecule has 6 nitrogen and oxygen atoms in total. The lowest BCUT2D eigenvalue weighted by Crippen LogP contribution is -2.40. The highest BCUT2D eigenvalue weighted by Gasteiger charge is 2.13. The number of hydrogen-bond donors (Lipinski definition) is 2. The van der Waals surface area contributed by atoms with Gasteiger partial charge < -0.3 is 4.74 Å². The van der Waals surface area contributed by atoms with Crippen LogP contribution < -0.4 is 9.44 Å². The summed E-state index contributed by atoms with van der Waals surface area (Å²) in [6, 6.07) is 0. The third-order valence-electron chi connectivity index (χ3n) is 1.85. The van der Waals surface area contributed by atoms with Crippen LogP contribution in [0.15, 0.2) is 0 Å². The summed E-state index contributed by atoms with van der Waals surface area (Å²) in [6.07, 6.45) is 3.03. The molecule has 0 fully saturated rings. The Morgan fingerprint density at radius 3 is 2.47 bits per heavy atom. The molecular formula is C9H19IN2O4S. The third kappa shape index (κ3) is 10.8. The molecule has 0 heterocycles. The Balaban J connectivity index is 3.68. The summed E-state index contributed by atoms with van der Waals surface area (Å²) in [5.41, 5.74) is 0. The van der Waals surface area contributed by atoms with Gasteiger partial charge in [0.25, 0.3) is 0 Å². The molecule has 0 saturated heterocycles. The van der Waals surface area contributed by atoms with Gasteiger partial charge in [0.05, 0.1) is 6.61 Å². The normalized spacial score (nSPS) is 11.2. The van der Waals surface area contributed by atoms with E-state index in [1.54, 1.807) is 11.6 Å². The SMILES string of the molecule is CCOC(=O)NS(=O)(=O)NCCCCCCI. The minimum atomic E-state index is -3.77. The predicted octanol–water partition coefficient (Wildman–Crippen LogP) is 1.56. The number of halogens is 1. The van der Waals surface area contributed by atoms with E-state index in [1.165, 1.54) is 0 Å². The van der Waals surface area contributed by atoms with Crippen LogP contribution >= 0.6 is 22.6 Å². The van der Waals surface area contributed by atoms with Gasteiger partial charge in [0.15, 0.2) is 0 Å². The first-order chi connectivity index (χ1) is 8.02. The maximum Gasteiger partial charge on any atom is 0.421 e. The first-order valence-corrected chi connectivity index (χ1v) is 8.53. The summed E-state index contributed by atoms with van der Waals surface area (Å²) in [6.45, 7) is 2.07. The monoisotopic (exact) mass is 378 g/mol. The van der Waals surface area contributed by atoms with Crippen molar-refractivity contribution in [3.8, 4) is 0 Å². The molecule has 0 spiro atoms. The van der Waals surface area contributed by atoms with E-state index in [0.29, 0.717) is 6.54 Å². The van der Waals surface area contributed by atoms with Gasteiger partial charge in [-0.3, -0.25) is 0 Å². The highest BCUT2D eigenvalue weighted by molar-refractivity contribution is 14.1. The zero-order chi connectivity index (χ0) is 13.1. The summed E-state index contributed by atoms with van der Waals surface area (Å²) in [5.74, 6) is 0. The molecule has 102 valence electrons. The lowest BCUT2D eigenvalue weighted by atomic mass is 10.2. The zero-order valence-corrected chi connectivity index (χ0v) is 12.8. The van der Waals surface area contributed by atoms with Gasteiger partial charge in [-0.25, -0.2) is 9.52 Å². The highest BCUT2D eigenvalue weighted by Crippen LogP contribution is 2.01. The smallest absolute Gasteiger partial charge is 0.421 e. The number of ether oxygens (including phenoxy) is 1. The molecular weight excluding hydrogens is 359 g/mol. The van der Waals surface area contributed by atoms with Gasteiger partial charge in [0.2, 0.25) is 0 Å². The van der Waals surface area contributed by atoms with E-state index >= 15 is 0 Å². The molecule has 0 aliphatic rings. The largest absolute Gasteiger partial charge is 0.449 e. The van der Waals surface area contributed by atoms with Crippen LogP contribution in [-0.4, -0.2) is 32.1 Å². The maximum atomic E-state index is 11.3. The predicted molar refractivity (Wildman–Crippen MR) is 74.4 cm³/mol. The van der Waals surface area contributed by atoms with Crippen LogP contribution in [0.2, 0.25) is 0 Å². The van der Waals surface area contributed by atoms with Gasteiger partial charge in [0.1, 0.15) is 0 Å². The Labute approximate surface area is 116 Å². The molecule has 0 radical (unpaired) electrons. The van der Waals surface area contributed by atoms with Crippen molar-refractivity contribution in [1.82, 2.24) is 9.44 Å². The third-order valence-corrected chi connectivity index (χ3v) is 3.63. The van der Waals surface area contributed by atoms with Crippen molar-refractivity contribution < 1.29 is 17.9 Å².